The van der Waals surface area contributed by atoms with Gasteiger partial charge in [-0.05, 0) is 37.9 Å². The third kappa shape index (κ3) is 9.63. The van der Waals surface area contributed by atoms with E-state index in [9.17, 15) is 19.5 Å². The topological polar surface area (TPSA) is 105 Å². The van der Waals surface area contributed by atoms with Gasteiger partial charge in [0.25, 0.3) is 0 Å². The van der Waals surface area contributed by atoms with Crippen LogP contribution in [0, 0.1) is 5.92 Å². The van der Waals surface area contributed by atoms with Crippen molar-refractivity contribution in [1.82, 2.24) is 10.6 Å². The van der Waals surface area contributed by atoms with E-state index >= 15 is 0 Å². The number of likely N-dealkylation sites (N-methyl/N-ethyl adjacent to an activating group) is 1. The minimum atomic E-state index is -0.981. The van der Waals surface area contributed by atoms with Crippen molar-refractivity contribution in [1.29, 1.82) is 0 Å². The molecule has 0 aliphatic rings. The molecule has 33 heavy (non-hydrogen) atoms. The number of ketones is 1. The van der Waals surface area contributed by atoms with Gasteiger partial charge in [-0.1, -0.05) is 66.6 Å². The summed E-state index contributed by atoms with van der Waals surface area (Å²) in [5.74, 6) is -1.85. The fourth-order valence-electron chi connectivity index (χ4n) is 3.44. The SMILES string of the molecule is CNC(Cc1ccccc1)C(=O)CC(CCCCNC(=O)OCc1ccccc1Cl)C(=O)O. The summed E-state index contributed by atoms with van der Waals surface area (Å²) < 4.78 is 5.13. The Bertz CT molecular complexity index is 907. The normalized spacial score (nSPS) is 12.5. The molecular formula is C25H31ClN2O5. The predicted molar refractivity (Wildman–Crippen MR) is 127 cm³/mol. The number of carboxylic acid groups (broad SMARTS) is 1. The summed E-state index contributed by atoms with van der Waals surface area (Å²) in [6.07, 6.45) is 1.44. The van der Waals surface area contributed by atoms with Crippen molar-refractivity contribution in [2.45, 2.75) is 44.8 Å². The van der Waals surface area contributed by atoms with Crippen LogP contribution in [0.4, 0.5) is 4.79 Å². The van der Waals surface area contributed by atoms with Gasteiger partial charge in [0.05, 0.1) is 12.0 Å². The molecule has 0 fully saturated rings. The van der Waals surface area contributed by atoms with Crippen LogP contribution in [0.3, 0.4) is 0 Å². The van der Waals surface area contributed by atoms with Crippen LogP contribution in [0.15, 0.2) is 54.6 Å². The Labute approximate surface area is 199 Å². The average molecular weight is 475 g/mol. The van der Waals surface area contributed by atoms with Gasteiger partial charge in [-0.2, -0.15) is 0 Å². The number of rotatable bonds is 14. The van der Waals surface area contributed by atoms with Crippen LogP contribution in [0.1, 0.15) is 36.8 Å². The molecule has 2 aromatic carbocycles. The molecule has 7 nitrogen and oxygen atoms in total. The number of hydrogen-bond donors (Lipinski definition) is 3. The van der Waals surface area contributed by atoms with Crippen LogP contribution in [-0.2, 0) is 27.4 Å². The molecule has 0 aliphatic heterocycles. The summed E-state index contributed by atoms with van der Waals surface area (Å²) in [6, 6.07) is 16.3. The highest BCUT2D eigenvalue weighted by Gasteiger charge is 2.25. The molecule has 0 bridgehead atoms. The fraction of sp³-hybridized carbons (Fsp3) is 0.400. The van der Waals surface area contributed by atoms with Crippen LogP contribution in [0.25, 0.3) is 0 Å². The fourth-order valence-corrected chi connectivity index (χ4v) is 3.63. The molecule has 0 aromatic heterocycles. The van der Waals surface area contributed by atoms with Gasteiger partial charge in [0, 0.05) is 23.6 Å². The van der Waals surface area contributed by atoms with Gasteiger partial charge < -0.3 is 20.5 Å². The molecule has 0 spiro atoms. The third-order valence-corrected chi connectivity index (χ3v) is 5.75. The second-order valence-electron chi connectivity index (χ2n) is 7.83. The lowest BCUT2D eigenvalue weighted by molar-refractivity contribution is -0.144. The van der Waals surface area contributed by atoms with E-state index in [2.05, 4.69) is 10.6 Å². The maximum absolute atomic E-state index is 12.7. The average Bonchev–Trinajstić information content (AvgIpc) is 2.81. The molecule has 178 valence electrons. The Kier molecular flexibility index (Phi) is 11.4. The lowest BCUT2D eigenvalue weighted by atomic mass is 9.91. The molecule has 3 N–H and O–H groups in total. The lowest BCUT2D eigenvalue weighted by Crippen LogP contribution is -2.38. The molecule has 0 aliphatic carbocycles. The number of carboxylic acids is 1. The Morgan fingerprint density at radius 1 is 1.03 bits per heavy atom. The number of nitrogens with one attached hydrogen (secondary N) is 2. The van der Waals surface area contributed by atoms with Crippen molar-refractivity contribution in [3.63, 3.8) is 0 Å². The molecular weight excluding hydrogens is 444 g/mol. The van der Waals surface area contributed by atoms with E-state index in [1.807, 2.05) is 36.4 Å². The number of Topliss-reactive ketones (excluding diaryl/α,β-unsaturated/α-hetero) is 1. The molecule has 0 saturated heterocycles. The van der Waals surface area contributed by atoms with Crippen LogP contribution in [0.5, 0.6) is 0 Å². The number of unbranched alkanes of at least 4 members (excludes halogenated alkanes) is 1. The maximum Gasteiger partial charge on any atom is 0.407 e. The van der Waals surface area contributed by atoms with E-state index in [0.717, 1.165) is 11.1 Å². The highest BCUT2D eigenvalue weighted by Crippen LogP contribution is 2.17. The number of carbonyl (C=O) groups excluding carboxylic acids is 2. The third-order valence-electron chi connectivity index (χ3n) is 5.38. The van der Waals surface area contributed by atoms with Gasteiger partial charge in [0.2, 0.25) is 0 Å². The standard InChI is InChI=1S/C25H31ClN2O5/c1-27-22(15-18-9-3-2-4-10-18)23(29)16-19(24(30)31)11-7-8-14-28-25(32)33-17-20-12-5-6-13-21(20)26/h2-6,9-10,12-13,19,22,27H,7-8,11,14-17H2,1H3,(H,28,32)(H,30,31). The summed E-state index contributed by atoms with van der Waals surface area (Å²) >= 11 is 6.03. The van der Waals surface area contributed by atoms with E-state index in [4.69, 9.17) is 16.3 Å². The van der Waals surface area contributed by atoms with E-state index in [-0.39, 0.29) is 18.8 Å². The molecule has 2 unspecified atom stereocenters. The van der Waals surface area contributed by atoms with Gasteiger partial charge in [-0.25, -0.2) is 4.79 Å². The maximum atomic E-state index is 12.7. The first kappa shape index (κ1) is 26.4. The van der Waals surface area contributed by atoms with E-state index in [1.54, 1.807) is 25.2 Å². The summed E-state index contributed by atoms with van der Waals surface area (Å²) in [5.41, 5.74) is 1.74. The molecule has 0 saturated carbocycles. The number of alkyl carbamates (subject to hydrolysis) is 1. The second-order valence-corrected chi connectivity index (χ2v) is 8.23. The van der Waals surface area contributed by atoms with Crippen molar-refractivity contribution in [3.8, 4) is 0 Å². The monoisotopic (exact) mass is 474 g/mol. The first-order valence-electron chi connectivity index (χ1n) is 11.0. The number of halogens is 1. The van der Waals surface area contributed by atoms with Crippen molar-refractivity contribution in [2.24, 2.45) is 5.92 Å². The van der Waals surface area contributed by atoms with Crippen LogP contribution >= 0.6 is 11.6 Å². The molecule has 1 amide bonds. The molecule has 2 aromatic rings. The Hall–Kier alpha value is -2.90. The number of benzene rings is 2. The van der Waals surface area contributed by atoms with Gasteiger partial charge in [-0.15, -0.1) is 0 Å². The highest BCUT2D eigenvalue weighted by molar-refractivity contribution is 6.31. The Morgan fingerprint density at radius 2 is 1.73 bits per heavy atom. The van der Waals surface area contributed by atoms with Gasteiger partial charge in [0.15, 0.2) is 5.78 Å². The van der Waals surface area contributed by atoms with Gasteiger partial charge in [0.1, 0.15) is 6.61 Å². The summed E-state index contributed by atoms with van der Waals surface area (Å²) in [5, 5.41) is 15.7. The van der Waals surface area contributed by atoms with Crippen molar-refractivity contribution in [3.05, 3.63) is 70.7 Å². The van der Waals surface area contributed by atoms with Crippen LogP contribution < -0.4 is 10.6 Å². The van der Waals surface area contributed by atoms with Crippen molar-refractivity contribution < 1.29 is 24.2 Å². The van der Waals surface area contributed by atoms with Crippen LogP contribution in [0.2, 0.25) is 5.02 Å². The molecule has 2 atom stereocenters. The number of amides is 1. The molecule has 8 heteroatoms. The second kappa shape index (κ2) is 14.3. The molecule has 2 rings (SSSR count). The predicted octanol–water partition coefficient (Wildman–Crippen LogP) is 4.23. The number of ether oxygens (including phenoxy) is 1. The smallest absolute Gasteiger partial charge is 0.407 e. The van der Waals surface area contributed by atoms with E-state index < -0.39 is 24.0 Å². The highest BCUT2D eigenvalue weighted by atomic mass is 35.5. The molecule has 0 radical (unpaired) electrons. The number of aliphatic carboxylic acids is 1. The quantitative estimate of drug-likeness (QED) is 0.354. The van der Waals surface area contributed by atoms with Crippen LogP contribution in [-0.4, -0.2) is 42.6 Å². The first-order valence-corrected chi connectivity index (χ1v) is 11.4. The number of hydrogen-bond acceptors (Lipinski definition) is 5. The zero-order valence-electron chi connectivity index (χ0n) is 18.8. The van der Waals surface area contributed by atoms with Gasteiger partial charge in [-0.3, -0.25) is 9.59 Å². The summed E-state index contributed by atoms with van der Waals surface area (Å²) in [4.78, 5) is 36.1. The zero-order valence-corrected chi connectivity index (χ0v) is 19.5. The van der Waals surface area contributed by atoms with E-state index in [1.165, 1.54) is 0 Å². The minimum absolute atomic E-state index is 0.0268. The van der Waals surface area contributed by atoms with Crippen molar-refractivity contribution in [2.75, 3.05) is 13.6 Å². The van der Waals surface area contributed by atoms with Crippen molar-refractivity contribution >= 4 is 29.4 Å². The zero-order chi connectivity index (χ0) is 24.1. The Balaban J connectivity index is 1.69. The molecule has 0 heterocycles. The minimum Gasteiger partial charge on any atom is -0.481 e. The summed E-state index contributed by atoms with van der Waals surface area (Å²) in [7, 11) is 1.71. The van der Waals surface area contributed by atoms with E-state index in [0.29, 0.717) is 37.3 Å². The first-order chi connectivity index (χ1) is 15.9. The Morgan fingerprint density at radius 3 is 2.39 bits per heavy atom. The summed E-state index contributed by atoms with van der Waals surface area (Å²) in [6.45, 7) is 0.430. The largest absolute Gasteiger partial charge is 0.481 e. The lowest BCUT2D eigenvalue weighted by Gasteiger charge is -2.18. The van der Waals surface area contributed by atoms with Gasteiger partial charge >= 0.3 is 12.1 Å². The number of carbonyl (C=O) groups is 3.